The number of hydrogen-bond acceptors (Lipinski definition) is 4. The Morgan fingerprint density at radius 1 is 1.36 bits per heavy atom. The summed E-state index contributed by atoms with van der Waals surface area (Å²) in [6, 6.07) is 0. The lowest BCUT2D eigenvalue weighted by Crippen LogP contribution is -2.37. The third-order valence-electron chi connectivity index (χ3n) is 3.48. The molecule has 3 nitrogen and oxygen atoms in total. The molecule has 0 spiro atoms. The number of esters is 1. The fourth-order valence-corrected chi connectivity index (χ4v) is 6.14. The second-order valence-corrected chi connectivity index (χ2v) is 8.46. The Bertz CT molecular complexity index is 375. The van der Waals surface area contributed by atoms with E-state index in [2.05, 4.69) is 0 Å². The summed E-state index contributed by atoms with van der Waals surface area (Å²) in [5.74, 6) is -0.807. The van der Waals surface area contributed by atoms with Crippen molar-refractivity contribution in [3.63, 3.8) is 0 Å². The van der Waals surface area contributed by atoms with Crippen molar-refractivity contribution in [3.8, 4) is 0 Å². The van der Waals surface area contributed by atoms with Gasteiger partial charge >= 0.3 is 12.1 Å². The zero-order chi connectivity index (χ0) is 16.6. The summed E-state index contributed by atoms with van der Waals surface area (Å²) in [7, 11) is -1.40. The first-order valence-corrected chi connectivity index (χ1v) is 10.0. The molecule has 1 aliphatic heterocycles. The van der Waals surface area contributed by atoms with Crippen molar-refractivity contribution in [3.05, 3.63) is 0 Å². The Balaban J connectivity index is 2.40. The Labute approximate surface area is 136 Å². The highest BCUT2D eigenvalue weighted by Crippen LogP contribution is 2.41. The summed E-state index contributed by atoms with van der Waals surface area (Å²) < 4.78 is 55.4. The lowest BCUT2D eigenvalue weighted by Gasteiger charge is -2.30. The van der Waals surface area contributed by atoms with Crippen LogP contribution in [0.25, 0.3) is 0 Å². The van der Waals surface area contributed by atoms with Crippen molar-refractivity contribution in [2.45, 2.75) is 56.2 Å². The van der Waals surface area contributed by atoms with Crippen LogP contribution in [0.5, 0.6) is 0 Å². The number of carbonyl (C=O) groups is 1. The highest BCUT2D eigenvalue weighted by molar-refractivity contribution is 8.11. The molecule has 0 aromatic heterocycles. The van der Waals surface area contributed by atoms with Gasteiger partial charge in [0.1, 0.15) is 0 Å². The zero-order valence-corrected chi connectivity index (χ0v) is 14.3. The molecular weight excluding hydrogens is 337 g/mol. The van der Waals surface area contributed by atoms with E-state index in [9.17, 15) is 22.2 Å². The molecule has 1 aliphatic rings. The summed E-state index contributed by atoms with van der Waals surface area (Å²) in [4.78, 5) is 11.1. The maximum absolute atomic E-state index is 13.2. The minimum absolute atomic E-state index is 0.0181. The van der Waals surface area contributed by atoms with Crippen molar-refractivity contribution >= 4 is 28.5 Å². The molecule has 0 amide bonds. The molecule has 3 atom stereocenters. The molecule has 0 aliphatic carbocycles. The minimum Gasteiger partial charge on any atom is -0.466 e. The second-order valence-electron chi connectivity index (χ2n) is 5.23. The number of ether oxygens (including phenoxy) is 1. The van der Waals surface area contributed by atoms with Crippen molar-refractivity contribution in [2.24, 2.45) is 5.92 Å². The van der Waals surface area contributed by atoms with Crippen molar-refractivity contribution < 1.29 is 26.9 Å². The van der Waals surface area contributed by atoms with Gasteiger partial charge in [-0.3, -0.25) is 9.00 Å². The lowest BCUT2D eigenvalue weighted by molar-refractivity contribution is -0.172. The highest BCUT2D eigenvalue weighted by atomic mass is 32.2. The maximum atomic E-state index is 13.2. The Morgan fingerprint density at radius 2 is 2.09 bits per heavy atom. The van der Waals surface area contributed by atoms with Crippen molar-refractivity contribution in [2.75, 3.05) is 18.1 Å². The van der Waals surface area contributed by atoms with E-state index in [1.165, 1.54) is 11.8 Å². The molecule has 0 aromatic rings. The summed E-state index contributed by atoms with van der Waals surface area (Å²) in [6.45, 7) is 2.04. The maximum Gasteiger partial charge on any atom is 0.393 e. The van der Waals surface area contributed by atoms with Gasteiger partial charge in [-0.2, -0.15) is 13.2 Å². The molecule has 0 aromatic carbocycles. The predicted octanol–water partition coefficient (Wildman–Crippen LogP) is 3.89. The third kappa shape index (κ3) is 6.89. The van der Waals surface area contributed by atoms with Crippen LogP contribution < -0.4 is 0 Å². The molecule has 130 valence electrons. The average Bonchev–Trinajstić information content (AvgIpc) is 2.43. The normalized spacial score (nSPS) is 24.0. The topological polar surface area (TPSA) is 43.4 Å². The van der Waals surface area contributed by atoms with Crippen molar-refractivity contribution in [1.82, 2.24) is 0 Å². The van der Waals surface area contributed by atoms with E-state index in [1.807, 2.05) is 0 Å². The van der Waals surface area contributed by atoms with E-state index >= 15 is 0 Å². The SMILES string of the molecule is CCOC(=O)CCCCC[C@H]([C@H]1SCCCS1=O)C(F)(F)F. The van der Waals surface area contributed by atoms with Crippen molar-refractivity contribution in [1.29, 1.82) is 0 Å². The molecule has 0 N–H and O–H groups in total. The molecule has 8 heteroatoms. The average molecular weight is 360 g/mol. The molecule has 1 fully saturated rings. The molecular formula is C14H23F3O3S2. The summed E-state index contributed by atoms with van der Waals surface area (Å²) >= 11 is 1.19. The molecule has 22 heavy (non-hydrogen) atoms. The Kier molecular flexibility index (Phi) is 8.82. The number of rotatable bonds is 8. The standard InChI is InChI=1S/C14H23F3O3S2/c1-2-20-12(18)8-5-3-4-7-11(14(15,16)17)13-21-9-6-10-22(13)19/h11,13H,2-10H2,1H3/t11-,13+,22?/m1/s1. The number of unbranched alkanes of at least 4 members (excludes halogenated alkanes) is 2. The van der Waals surface area contributed by atoms with Crippen LogP contribution in [0.4, 0.5) is 13.2 Å². The molecule has 0 radical (unpaired) electrons. The highest BCUT2D eigenvalue weighted by Gasteiger charge is 2.47. The van der Waals surface area contributed by atoms with E-state index < -0.39 is 27.5 Å². The van der Waals surface area contributed by atoms with Gasteiger partial charge in [-0.15, -0.1) is 11.8 Å². The Morgan fingerprint density at radius 3 is 2.68 bits per heavy atom. The van der Waals surface area contributed by atoms with Gasteiger partial charge < -0.3 is 4.74 Å². The van der Waals surface area contributed by atoms with Gasteiger partial charge in [0, 0.05) is 23.0 Å². The first kappa shape index (κ1) is 19.8. The molecule has 0 bridgehead atoms. The van der Waals surface area contributed by atoms with E-state index in [4.69, 9.17) is 4.74 Å². The van der Waals surface area contributed by atoms with Gasteiger partial charge in [0.25, 0.3) is 0 Å². The van der Waals surface area contributed by atoms with Crippen LogP contribution in [0.15, 0.2) is 0 Å². The van der Waals surface area contributed by atoms with E-state index in [0.29, 0.717) is 37.4 Å². The molecule has 0 saturated carbocycles. The number of thioether (sulfide) groups is 1. The monoisotopic (exact) mass is 360 g/mol. The molecule has 1 saturated heterocycles. The lowest BCUT2D eigenvalue weighted by atomic mass is 10.0. The summed E-state index contributed by atoms with van der Waals surface area (Å²) in [6.07, 6.45) is -1.90. The van der Waals surface area contributed by atoms with Gasteiger partial charge in [0.2, 0.25) is 0 Å². The molecule has 1 rings (SSSR count). The van der Waals surface area contributed by atoms with Crippen LogP contribution in [-0.4, -0.2) is 39.0 Å². The summed E-state index contributed by atoms with van der Waals surface area (Å²) in [5, 5.41) is 0. The largest absolute Gasteiger partial charge is 0.466 e. The van der Waals surface area contributed by atoms with Crippen LogP contribution in [0.2, 0.25) is 0 Å². The van der Waals surface area contributed by atoms with Crippen LogP contribution in [0, 0.1) is 5.92 Å². The predicted molar refractivity (Wildman–Crippen MR) is 83.1 cm³/mol. The fraction of sp³-hybridized carbons (Fsp3) is 0.929. The quantitative estimate of drug-likeness (QED) is 0.486. The van der Waals surface area contributed by atoms with Crippen LogP contribution in [-0.2, 0) is 20.3 Å². The number of carbonyl (C=O) groups excluding carboxylic acids is 1. The fourth-order valence-electron chi connectivity index (χ4n) is 2.39. The smallest absolute Gasteiger partial charge is 0.393 e. The van der Waals surface area contributed by atoms with Gasteiger partial charge in [-0.1, -0.05) is 12.8 Å². The molecule has 1 heterocycles. The van der Waals surface area contributed by atoms with Crippen LogP contribution in [0.3, 0.4) is 0 Å². The van der Waals surface area contributed by atoms with E-state index in [0.717, 1.165) is 6.42 Å². The van der Waals surface area contributed by atoms with Gasteiger partial charge in [-0.05, 0) is 31.9 Å². The first-order valence-electron chi connectivity index (χ1n) is 7.57. The van der Waals surface area contributed by atoms with Crippen LogP contribution >= 0.6 is 11.8 Å². The van der Waals surface area contributed by atoms with Gasteiger partial charge in [0.05, 0.1) is 17.1 Å². The zero-order valence-electron chi connectivity index (χ0n) is 12.7. The summed E-state index contributed by atoms with van der Waals surface area (Å²) in [5.41, 5.74) is 0. The number of halogens is 3. The van der Waals surface area contributed by atoms with Crippen LogP contribution in [0.1, 0.15) is 45.4 Å². The Hall–Kier alpha value is -0.240. The van der Waals surface area contributed by atoms with Gasteiger partial charge in [0.15, 0.2) is 0 Å². The number of alkyl halides is 3. The number of hydrogen-bond donors (Lipinski definition) is 0. The van der Waals surface area contributed by atoms with E-state index in [1.54, 1.807) is 6.92 Å². The minimum atomic E-state index is -4.31. The van der Waals surface area contributed by atoms with E-state index in [-0.39, 0.29) is 18.8 Å². The molecule has 1 unspecified atom stereocenters. The van der Waals surface area contributed by atoms with Gasteiger partial charge in [-0.25, -0.2) is 0 Å². The first-order chi connectivity index (χ1) is 10.4. The second kappa shape index (κ2) is 9.80. The third-order valence-corrected chi connectivity index (χ3v) is 7.25.